The predicted molar refractivity (Wildman–Crippen MR) is 127 cm³/mol. The van der Waals surface area contributed by atoms with Crippen molar-refractivity contribution in [2.24, 2.45) is 0 Å². The third-order valence-corrected chi connectivity index (χ3v) is 8.37. The summed E-state index contributed by atoms with van der Waals surface area (Å²) in [5, 5.41) is 1.08. The number of halogens is 1. The van der Waals surface area contributed by atoms with Crippen molar-refractivity contribution in [3.8, 4) is 0 Å². The molecule has 0 fully saturated rings. The van der Waals surface area contributed by atoms with Crippen molar-refractivity contribution in [1.29, 1.82) is 0 Å². The first-order valence-corrected chi connectivity index (χ1v) is 12.9. The molecule has 0 atom stereocenters. The summed E-state index contributed by atoms with van der Waals surface area (Å²) in [4.78, 5) is 19.6. The molecule has 6 nitrogen and oxygen atoms in total. The van der Waals surface area contributed by atoms with E-state index in [2.05, 4.69) is 4.98 Å². The average molecular weight is 489 g/mol. The molecule has 0 saturated heterocycles. The zero-order valence-electron chi connectivity index (χ0n) is 17.3. The minimum Gasteiger partial charge on any atom is -0.467 e. The summed E-state index contributed by atoms with van der Waals surface area (Å²) in [6.07, 6.45) is 1.81. The van der Waals surface area contributed by atoms with Crippen LogP contribution in [0.4, 0.5) is 5.13 Å². The number of sulfone groups is 1. The average Bonchev–Trinajstić information content (AvgIpc) is 3.45. The third kappa shape index (κ3) is 4.87. The molecule has 0 bridgehead atoms. The van der Waals surface area contributed by atoms with E-state index in [1.54, 1.807) is 48.7 Å². The molecule has 166 valence electrons. The summed E-state index contributed by atoms with van der Waals surface area (Å²) in [7, 11) is -3.45. The minimum absolute atomic E-state index is 0.0649. The second kappa shape index (κ2) is 9.44. The van der Waals surface area contributed by atoms with E-state index < -0.39 is 9.84 Å². The Hall–Kier alpha value is -2.68. The van der Waals surface area contributed by atoms with Crippen molar-refractivity contribution in [2.75, 3.05) is 10.7 Å². The molecule has 0 aliphatic rings. The second-order valence-electron chi connectivity index (χ2n) is 7.33. The van der Waals surface area contributed by atoms with Crippen molar-refractivity contribution < 1.29 is 17.6 Å². The van der Waals surface area contributed by atoms with Gasteiger partial charge in [-0.1, -0.05) is 47.2 Å². The molecule has 0 aliphatic carbocycles. The Morgan fingerprint density at radius 3 is 2.59 bits per heavy atom. The van der Waals surface area contributed by atoms with Crippen LogP contribution in [0.15, 0.2) is 70.2 Å². The summed E-state index contributed by atoms with van der Waals surface area (Å²) >= 11 is 7.68. The Kier molecular flexibility index (Phi) is 6.64. The molecule has 0 unspecified atom stereocenters. The fourth-order valence-corrected chi connectivity index (χ4v) is 5.99. The van der Waals surface area contributed by atoms with Crippen LogP contribution in [-0.2, 0) is 21.2 Å². The summed E-state index contributed by atoms with van der Waals surface area (Å²) in [6.45, 7) is 2.14. The van der Waals surface area contributed by atoms with Crippen LogP contribution < -0.4 is 4.90 Å². The number of benzene rings is 2. The lowest BCUT2D eigenvalue weighted by atomic mass is 10.2. The second-order valence-corrected chi connectivity index (χ2v) is 10.8. The van der Waals surface area contributed by atoms with Crippen LogP contribution in [0.3, 0.4) is 0 Å². The molecule has 1 amide bonds. The number of aryl methyl sites for hydroxylation is 1. The Morgan fingerprint density at radius 2 is 1.91 bits per heavy atom. The molecule has 2 aromatic heterocycles. The summed E-state index contributed by atoms with van der Waals surface area (Å²) in [5.41, 5.74) is 1.72. The number of carbonyl (C=O) groups is 1. The van der Waals surface area contributed by atoms with E-state index in [0.29, 0.717) is 15.9 Å². The van der Waals surface area contributed by atoms with Crippen molar-refractivity contribution >= 4 is 54.0 Å². The maximum atomic E-state index is 13.2. The van der Waals surface area contributed by atoms with Gasteiger partial charge >= 0.3 is 0 Å². The summed E-state index contributed by atoms with van der Waals surface area (Å²) < 4.78 is 31.3. The van der Waals surface area contributed by atoms with Gasteiger partial charge < -0.3 is 4.42 Å². The molecule has 32 heavy (non-hydrogen) atoms. The first kappa shape index (κ1) is 22.5. The number of carbonyl (C=O) groups excluding carboxylic acids is 1. The number of furan rings is 1. The van der Waals surface area contributed by atoms with Gasteiger partial charge in [0, 0.05) is 6.42 Å². The molecule has 0 spiro atoms. The Morgan fingerprint density at radius 1 is 1.12 bits per heavy atom. The van der Waals surface area contributed by atoms with Crippen LogP contribution in [0.1, 0.15) is 24.2 Å². The van der Waals surface area contributed by atoms with Crippen molar-refractivity contribution in [2.45, 2.75) is 31.2 Å². The number of fused-ring (bicyclic) bond motifs is 1. The smallest absolute Gasteiger partial charge is 0.229 e. The molecule has 9 heteroatoms. The predicted octanol–water partition coefficient (Wildman–Crippen LogP) is 5.64. The fraction of sp³-hybridized carbons (Fsp3) is 0.217. The molecule has 2 heterocycles. The number of hydrogen-bond acceptors (Lipinski definition) is 6. The molecule has 0 N–H and O–H groups in total. The fourth-order valence-electron chi connectivity index (χ4n) is 3.32. The van der Waals surface area contributed by atoms with Crippen LogP contribution >= 0.6 is 22.9 Å². The van der Waals surface area contributed by atoms with Gasteiger partial charge in [0.15, 0.2) is 15.0 Å². The van der Waals surface area contributed by atoms with Crippen molar-refractivity contribution in [1.82, 2.24) is 4.98 Å². The summed E-state index contributed by atoms with van der Waals surface area (Å²) in [5.74, 6) is 0.275. The van der Waals surface area contributed by atoms with Gasteiger partial charge in [-0.3, -0.25) is 9.69 Å². The van der Waals surface area contributed by atoms with E-state index in [1.165, 1.54) is 16.2 Å². The van der Waals surface area contributed by atoms with Crippen LogP contribution in [0, 0.1) is 6.92 Å². The number of anilines is 1. The standard InChI is InChI=1S/C23H21ClN2O4S2/c1-16-11-12-19(24)22-21(16)25-23(31-22)26(15-17-7-5-13-30-17)20(27)10-6-14-32(28,29)18-8-3-2-4-9-18/h2-5,7-9,11-13H,6,10,14-15H2,1H3. The summed E-state index contributed by atoms with van der Waals surface area (Å²) in [6, 6.07) is 15.5. The zero-order valence-corrected chi connectivity index (χ0v) is 19.7. The zero-order chi connectivity index (χ0) is 22.7. The Labute approximate surface area is 195 Å². The highest BCUT2D eigenvalue weighted by Crippen LogP contribution is 2.36. The van der Waals surface area contributed by atoms with Gasteiger partial charge in [-0.25, -0.2) is 13.4 Å². The number of amides is 1. The van der Waals surface area contributed by atoms with Gasteiger partial charge in [0.25, 0.3) is 0 Å². The van der Waals surface area contributed by atoms with E-state index in [-0.39, 0.29) is 35.9 Å². The molecular formula is C23H21ClN2O4S2. The number of aromatic nitrogens is 1. The number of rotatable bonds is 8. The van der Waals surface area contributed by atoms with Gasteiger partial charge in [-0.05, 0) is 49.2 Å². The molecule has 2 aromatic carbocycles. The van der Waals surface area contributed by atoms with E-state index in [9.17, 15) is 13.2 Å². The maximum absolute atomic E-state index is 13.2. The highest BCUT2D eigenvalue weighted by molar-refractivity contribution is 7.91. The van der Waals surface area contributed by atoms with Gasteiger partial charge in [0.1, 0.15) is 5.76 Å². The van der Waals surface area contributed by atoms with E-state index in [0.717, 1.165) is 15.8 Å². The van der Waals surface area contributed by atoms with Crippen molar-refractivity contribution in [3.05, 3.63) is 77.2 Å². The quantitative estimate of drug-likeness (QED) is 0.320. The number of nitrogens with zero attached hydrogens (tertiary/aromatic N) is 2. The number of hydrogen-bond donors (Lipinski definition) is 0. The van der Waals surface area contributed by atoms with Crippen molar-refractivity contribution in [3.63, 3.8) is 0 Å². The van der Waals surface area contributed by atoms with E-state index in [4.69, 9.17) is 16.0 Å². The lowest BCUT2D eigenvalue weighted by Crippen LogP contribution is -2.30. The third-order valence-electron chi connectivity index (χ3n) is 5.02. The first-order chi connectivity index (χ1) is 15.3. The molecule has 0 saturated carbocycles. The molecule has 4 aromatic rings. The molecule has 0 radical (unpaired) electrons. The minimum atomic E-state index is -3.45. The van der Waals surface area contributed by atoms with Crippen LogP contribution in [0.5, 0.6) is 0 Å². The normalized spacial score (nSPS) is 11.7. The van der Waals surface area contributed by atoms with Gasteiger partial charge in [0.05, 0.1) is 38.7 Å². The highest BCUT2D eigenvalue weighted by atomic mass is 35.5. The van der Waals surface area contributed by atoms with Crippen LogP contribution in [0.25, 0.3) is 10.2 Å². The Bertz CT molecular complexity index is 1290. The SMILES string of the molecule is Cc1ccc(Cl)c2sc(N(Cc3ccco3)C(=O)CCCS(=O)(=O)c3ccccc3)nc12. The molecule has 0 aliphatic heterocycles. The molecular weight excluding hydrogens is 468 g/mol. The Balaban J connectivity index is 1.55. The largest absolute Gasteiger partial charge is 0.467 e. The van der Waals surface area contributed by atoms with Gasteiger partial charge in [0.2, 0.25) is 5.91 Å². The topological polar surface area (TPSA) is 80.5 Å². The number of thiazole rings is 1. The lowest BCUT2D eigenvalue weighted by molar-refractivity contribution is -0.118. The van der Waals surface area contributed by atoms with E-state index in [1.807, 2.05) is 19.1 Å². The van der Waals surface area contributed by atoms with Crippen LogP contribution in [0.2, 0.25) is 5.02 Å². The lowest BCUT2D eigenvalue weighted by Gasteiger charge is -2.18. The highest BCUT2D eigenvalue weighted by Gasteiger charge is 2.23. The first-order valence-electron chi connectivity index (χ1n) is 10.0. The monoisotopic (exact) mass is 488 g/mol. The van der Waals surface area contributed by atoms with Gasteiger partial charge in [-0.15, -0.1) is 0 Å². The maximum Gasteiger partial charge on any atom is 0.229 e. The van der Waals surface area contributed by atoms with Crippen LogP contribution in [-0.4, -0.2) is 25.1 Å². The van der Waals surface area contributed by atoms with Gasteiger partial charge in [-0.2, -0.15) is 0 Å². The molecule has 4 rings (SSSR count). The van der Waals surface area contributed by atoms with E-state index >= 15 is 0 Å².